The number of ether oxygens (including phenoxy) is 2. The van der Waals surface area contributed by atoms with E-state index in [2.05, 4.69) is 9.47 Å². The van der Waals surface area contributed by atoms with Crippen molar-refractivity contribution in [1.82, 2.24) is 4.72 Å². The highest BCUT2D eigenvalue weighted by molar-refractivity contribution is 7.89. The van der Waals surface area contributed by atoms with Gasteiger partial charge in [-0.05, 0) is 0 Å². The van der Waals surface area contributed by atoms with E-state index >= 15 is 0 Å². The van der Waals surface area contributed by atoms with Gasteiger partial charge in [-0.15, -0.1) is 0 Å². The molecule has 0 saturated heterocycles. The van der Waals surface area contributed by atoms with E-state index in [0.29, 0.717) is 0 Å². The van der Waals surface area contributed by atoms with Crippen LogP contribution in [0.15, 0.2) is 0 Å². The van der Waals surface area contributed by atoms with Crippen LogP contribution in [-0.2, 0) is 24.3 Å². The summed E-state index contributed by atoms with van der Waals surface area (Å²) in [6, 6.07) is -1.27. The third-order valence-corrected chi connectivity index (χ3v) is 2.86. The van der Waals surface area contributed by atoms with Crippen LogP contribution in [0.3, 0.4) is 0 Å². The Morgan fingerprint density at radius 3 is 2.40 bits per heavy atom. The molecule has 2 N–H and O–H groups in total. The molecule has 0 aliphatic heterocycles. The van der Waals surface area contributed by atoms with Crippen LogP contribution in [0.2, 0.25) is 0 Å². The number of nitrogens with one attached hydrogen (secondary N) is 1. The van der Waals surface area contributed by atoms with Crippen LogP contribution < -0.4 is 4.72 Å². The fourth-order valence-electron chi connectivity index (χ4n) is 0.791. The van der Waals surface area contributed by atoms with Crippen LogP contribution in [0.5, 0.6) is 0 Å². The number of sulfonamides is 1. The molecule has 0 amide bonds. The van der Waals surface area contributed by atoms with E-state index in [1.807, 2.05) is 4.72 Å². The Morgan fingerprint density at radius 1 is 1.40 bits per heavy atom. The van der Waals surface area contributed by atoms with Crippen molar-refractivity contribution in [3.63, 3.8) is 0 Å². The molecule has 8 heteroatoms. The molecule has 0 saturated carbocycles. The summed E-state index contributed by atoms with van der Waals surface area (Å²) in [5.41, 5.74) is 0. The second-order valence-corrected chi connectivity index (χ2v) is 4.65. The van der Waals surface area contributed by atoms with Gasteiger partial charge in [0.05, 0.1) is 19.0 Å². The van der Waals surface area contributed by atoms with Gasteiger partial charge < -0.3 is 14.6 Å². The molecule has 0 fully saturated rings. The molecule has 90 valence electrons. The fraction of sp³-hybridized carbons (Fsp3) is 0.857. The lowest BCUT2D eigenvalue weighted by atomic mass is 10.3. The van der Waals surface area contributed by atoms with Crippen LogP contribution in [0, 0.1) is 0 Å². The van der Waals surface area contributed by atoms with Crippen LogP contribution in [0.25, 0.3) is 0 Å². The summed E-state index contributed by atoms with van der Waals surface area (Å²) in [5, 5.41) is 8.65. The number of carboxylic acids is 1. The van der Waals surface area contributed by atoms with Crippen molar-refractivity contribution in [3.05, 3.63) is 0 Å². The van der Waals surface area contributed by atoms with Gasteiger partial charge >= 0.3 is 5.97 Å². The molecule has 0 aromatic rings. The monoisotopic (exact) mass is 241 g/mol. The second-order valence-electron chi connectivity index (χ2n) is 2.78. The number of methoxy groups -OCH3 is 2. The maximum absolute atomic E-state index is 11.3. The molecule has 0 spiro atoms. The first-order chi connectivity index (χ1) is 6.93. The van der Waals surface area contributed by atoms with Crippen molar-refractivity contribution in [2.45, 2.75) is 6.04 Å². The molecule has 0 bridgehead atoms. The number of hydrogen-bond acceptors (Lipinski definition) is 5. The van der Waals surface area contributed by atoms with Crippen molar-refractivity contribution in [3.8, 4) is 0 Å². The number of carbonyl (C=O) groups is 1. The summed E-state index contributed by atoms with van der Waals surface area (Å²) in [6.07, 6.45) is 0. The number of rotatable bonds is 8. The summed E-state index contributed by atoms with van der Waals surface area (Å²) >= 11 is 0. The molecule has 0 rings (SSSR count). The number of hydrogen-bond donors (Lipinski definition) is 2. The predicted molar refractivity (Wildman–Crippen MR) is 52.1 cm³/mol. The highest BCUT2D eigenvalue weighted by Gasteiger charge is 2.23. The van der Waals surface area contributed by atoms with E-state index < -0.39 is 22.0 Å². The fourth-order valence-corrected chi connectivity index (χ4v) is 1.90. The quantitative estimate of drug-likeness (QED) is 0.545. The van der Waals surface area contributed by atoms with E-state index in [9.17, 15) is 13.2 Å². The third kappa shape index (κ3) is 6.39. The molecule has 1 unspecified atom stereocenters. The summed E-state index contributed by atoms with van der Waals surface area (Å²) < 4.78 is 33.7. The third-order valence-electron chi connectivity index (χ3n) is 1.51. The van der Waals surface area contributed by atoms with Gasteiger partial charge in [0.25, 0.3) is 0 Å². The Bertz CT molecular complexity index is 288. The Kier molecular flexibility index (Phi) is 6.41. The van der Waals surface area contributed by atoms with Gasteiger partial charge in [-0.1, -0.05) is 0 Å². The molecular formula is C7H15NO6S. The van der Waals surface area contributed by atoms with E-state index in [4.69, 9.17) is 5.11 Å². The largest absolute Gasteiger partial charge is 0.480 e. The van der Waals surface area contributed by atoms with Crippen LogP contribution in [0.1, 0.15) is 0 Å². The lowest BCUT2D eigenvalue weighted by Crippen LogP contribution is -2.45. The topological polar surface area (TPSA) is 102 Å². The van der Waals surface area contributed by atoms with Crippen LogP contribution in [0.4, 0.5) is 0 Å². The van der Waals surface area contributed by atoms with Gasteiger partial charge in [0.2, 0.25) is 10.0 Å². The van der Waals surface area contributed by atoms with E-state index in [1.54, 1.807) is 0 Å². The summed E-state index contributed by atoms with van der Waals surface area (Å²) in [7, 11) is -0.994. The van der Waals surface area contributed by atoms with Gasteiger partial charge in [0, 0.05) is 14.2 Å². The zero-order chi connectivity index (χ0) is 11.9. The van der Waals surface area contributed by atoms with Gasteiger partial charge in [-0.3, -0.25) is 4.79 Å². The predicted octanol–water partition coefficient (Wildman–Crippen LogP) is -1.35. The Morgan fingerprint density at radius 2 is 2.00 bits per heavy atom. The van der Waals surface area contributed by atoms with Crippen molar-refractivity contribution in [2.75, 3.05) is 33.2 Å². The first-order valence-corrected chi connectivity index (χ1v) is 5.79. The van der Waals surface area contributed by atoms with Crippen LogP contribution in [-0.4, -0.2) is 58.7 Å². The minimum absolute atomic E-state index is 0.00859. The SMILES string of the molecule is COCCS(=O)(=O)NC(COC)C(=O)O. The minimum Gasteiger partial charge on any atom is -0.480 e. The maximum Gasteiger partial charge on any atom is 0.324 e. The summed E-state index contributed by atoms with van der Waals surface area (Å²) in [5.74, 6) is -1.56. The summed E-state index contributed by atoms with van der Waals surface area (Å²) in [4.78, 5) is 10.6. The number of carboxylic acid groups (broad SMARTS) is 1. The molecule has 0 heterocycles. The zero-order valence-electron chi connectivity index (χ0n) is 8.60. The highest BCUT2D eigenvalue weighted by Crippen LogP contribution is 1.92. The van der Waals surface area contributed by atoms with Gasteiger partial charge in [-0.25, -0.2) is 8.42 Å². The molecule has 0 aromatic heterocycles. The first kappa shape index (κ1) is 14.3. The van der Waals surface area contributed by atoms with E-state index in [1.165, 1.54) is 14.2 Å². The second kappa shape index (κ2) is 6.72. The van der Waals surface area contributed by atoms with E-state index in [-0.39, 0.29) is 19.0 Å². The molecule has 7 nitrogen and oxygen atoms in total. The van der Waals surface area contributed by atoms with Gasteiger partial charge in [0.15, 0.2) is 0 Å². The van der Waals surface area contributed by atoms with Crippen molar-refractivity contribution in [2.24, 2.45) is 0 Å². The van der Waals surface area contributed by atoms with Crippen molar-refractivity contribution >= 4 is 16.0 Å². The van der Waals surface area contributed by atoms with Crippen LogP contribution >= 0.6 is 0 Å². The van der Waals surface area contributed by atoms with Crippen molar-refractivity contribution in [1.29, 1.82) is 0 Å². The maximum atomic E-state index is 11.3. The molecule has 15 heavy (non-hydrogen) atoms. The lowest BCUT2D eigenvalue weighted by molar-refractivity contribution is -0.140. The molecule has 0 radical (unpaired) electrons. The smallest absolute Gasteiger partial charge is 0.324 e. The molecule has 0 aliphatic rings. The molecule has 1 atom stereocenters. The number of aliphatic carboxylic acids is 1. The average Bonchev–Trinajstić information content (AvgIpc) is 2.14. The van der Waals surface area contributed by atoms with Crippen molar-refractivity contribution < 1.29 is 27.8 Å². The Labute approximate surface area is 88.4 Å². The Balaban J connectivity index is 4.32. The van der Waals surface area contributed by atoms with Gasteiger partial charge in [-0.2, -0.15) is 4.72 Å². The highest BCUT2D eigenvalue weighted by atomic mass is 32.2. The first-order valence-electron chi connectivity index (χ1n) is 4.13. The van der Waals surface area contributed by atoms with Gasteiger partial charge in [0.1, 0.15) is 6.04 Å². The molecule has 0 aromatic carbocycles. The molecular weight excluding hydrogens is 226 g/mol. The molecule has 0 aliphatic carbocycles. The zero-order valence-corrected chi connectivity index (χ0v) is 9.41. The Hall–Kier alpha value is -0.700. The normalized spacial score (nSPS) is 13.7. The average molecular weight is 241 g/mol. The lowest BCUT2D eigenvalue weighted by Gasteiger charge is -2.13. The van der Waals surface area contributed by atoms with E-state index in [0.717, 1.165) is 0 Å². The minimum atomic E-state index is -3.65. The standard InChI is InChI=1S/C7H15NO6S/c1-13-3-4-15(11,12)8-6(5-14-2)7(9)10/h6,8H,3-5H2,1-2H3,(H,9,10). The summed E-state index contributed by atoms with van der Waals surface area (Å²) in [6.45, 7) is -0.212.